The molecule has 108 valence electrons. The van der Waals surface area contributed by atoms with E-state index in [1.165, 1.54) is 0 Å². The first kappa shape index (κ1) is 14.9. The molecule has 0 radical (unpaired) electrons. The van der Waals surface area contributed by atoms with E-state index < -0.39 is 0 Å². The number of carbonyl (C=O) groups is 2. The highest BCUT2D eigenvalue weighted by Crippen LogP contribution is 2.21. The third kappa shape index (κ3) is 3.97. The summed E-state index contributed by atoms with van der Waals surface area (Å²) in [5, 5.41) is 0.575. The van der Waals surface area contributed by atoms with E-state index in [2.05, 4.69) is 0 Å². The summed E-state index contributed by atoms with van der Waals surface area (Å²) in [4.78, 5) is 25.1. The molecule has 2 rings (SSSR count). The smallest absolute Gasteiger partial charge is 0.260 e. The number of rotatable bonds is 5. The van der Waals surface area contributed by atoms with Gasteiger partial charge in [0.2, 0.25) is 0 Å². The standard InChI is InChI=1S/C15H18ClNO3/c1-11(18)8-13-5-3-7-17(13)15(19)10-20-14-6-2-4-12(16)9-14/h2,4,6,9,13H,3,5,7-8,10H2,1H3. The maximum atomic E-state index is 12.2. The van der Waals surface area contributed by atoms with Crippen LogP contribution in [0.25, 0.3) is 0 Å². The first-order valence-corrected chi connectivity index (χ1v) is 7.11. The number of likely N-dealkylation sites (tertiary alicyclic amines) is 1. The Morgan fingerprint density at radius 2 is 2.25 bits per heavy atom. The van der Waals surface area contributed by atoms with Gasteiger partial charge in [0.1, 0.15) is 11.5 Å². The summed E-state index contributed by atoms with van der Waals surface area (Å²) < 4.78 is 5.45. The molecule has 0 spiro atoms. The Hall–Kier alpha value is -1.55. The highest BCUT2D eigenvalue weighted by Gasteiger charge is 2.29. The monoisotopic (exact) mass is 295 g/mol. The minimum atomic E-state index is -0.0753. The number of hydrogen-bond acceptors (Lipinski definition) is 3. The number of ether oxygens (including phenoxy) is 1. The lowest BCUT2D eigenvalue weighted by molar-refractivity contribution is -0.134. The van der Waals surface area contributed by atoms with Gasteiger partial charge in [-0.05, 0) is 38.0 Å². The molecule has 1 aliphatic rings. The van der Waals surface area contributed by atoms with Gasteiger partial charge >= 0.3 is 0 Å². The predicted octanol–water partition coefficient (Wildman–Crippen LogP) is 2.69. The molecule has 1 aliphatic heterocycles. The van der Waals surface area contributed by atoms with E-state index in [1.807, 2.05) is 0 Å². The molecular formula is C15H18ClNO3. The van der Waals surface area contributed by atoms with Crippen molar-refractivity contribution >= 4 is 23.3 Å². The summed E-state index contributed by atoms with van der Waals surface area (Å²) in [5.41, 5.74) is 0. The van der Waals surface area contributed by atoms with Crippen molar-refractivity contribution in [2.45, 2.75) is 32.2 Å². The molecule has 1 aromatic rings. The Labute approximate surface area is 123 Å². The van der Waals surface area contributed by atoms with Crippen LogP contribution in [0.4, 0.5) is 0 Å². The first-order valence-electron chi connectivity index (χ1n) is 6.73. The molecule has 1 aromatic carbocycles. The molecular weight excluding hydrogens is 278 g/mol. The molecule has 1 unspecified atom stereocenters. The fraction of sp³-hybridized carbons (Fsp3) is 0.467. The van der Waals surface area contributed by atoms with Gasteiger partial charge in [0.15, 0.2) is 6.61 Å². The van der Waals surface area contributed by atoms with Crippen LogP contribution in [0, 0.1) is 0 Å². The quantitative estimate of drug-likeness (QED) is 0.839. The second-order valence-electron chi connectivity index (χ2n) is 5.04. The minimum Gasteiger partial charge on any atom is -0.484 e. The zero-order chi connectivity index (χ0) is 14.5. The number of amides is 1. The van der Waals surface area contributed by atoms with Crippen molar-refractivity contribution in [2.75, 3.05) is 13.2 Å². The molecule has 1 heterocycles. The lowest BCUT2D eigenvalue weighted by Crippen LogP contribution is -2.39. The second kappa shape index (κ2) is 6.75. The maximum absolute atomic E-state index is 12.2. The molecule has 1 amide bonds. The Kier molecular flexibility index (Phi) is 5.01. The summed E-state index contributed by atoms with van der Waals surface area (Å²) in [6.45, 7) is 2.24. The molecule has 0 saturated carbocycles. The van der Waals surface area contributed by atoms with Crippen molar-refractivity contribution in [1.82, 2.24) is 4.90 Å². The van der Waals surface area contributed by atoms with Crippen molar-refractivity contribution in [3.63, 3.8) is 0 Å². The fourth-order valence-electron chi connectivity index (χ4n) is 2.49. The summed E-state index contributed by atoms with van der Waals surface area (Å²) >= 11 is 5.85. The molecule has 0 bridgehead atoms. The van der Waals surface area contributed by atoms with Crippen molar-refractivity contribution in [2.24, 2.45) is 0 Å². The Morgan fingerprint density at radius 3 is 2.95 bits per heavy atom. The van der Waals surface area contributed by atoms with Crippen LogP contribution in [0.1, 0.15) is 26.2 Å². The first-order chi connectivity index (χ1) is 9.56. The second-order valence-corrected chi connectivity index (χ2v) is 5.47. The van der Waals surface area contributed by atoms with Gasteiger partial charge in [-0.1, -0.05) is 17.7 Å². The molecule has 20 heavy (non-hydrogen) atoms. The molecule has 5 heteroatoms. The van der Waals surface area contributed by atoms with Crippen LogP contribution < -0.4 is 4.74 Å². The Morgan fingerprint density at radius 1 is 1.45 bits per heavy atom. The third-order valence-corrected chi connectivity index (χ3v) is 3.61. The summed E-state index contributed by atoms with van der Waals surface area (Å²) in [6, 6.07) is 6.99. The van der Waals surface area contributed by atoms with E-state index in [0.717, 1.165) is 12.8 Å². The van der Waals surface area contributed by atoms with Gasteiger partial charge in [-0.15, -0.1) is 0 Å². The molecule has 0 aliphatic carbocycles. The van der Waals surface area contributed by atoms with Gasteiger partial charge in [-0.3, -0.25) is 9.59 Å². The van der Waals surface area contributed by atoms with Gasteiger partial charge < -0.3 is 9.64 Å². The third-order valence-electron chi connectivity index (χ3n) is 3.38. The topological polar surface area (TPSA) is 46.6 Å². The van der Waals surface area contributed by atoms with Crippen molar-refractivity contribution in [3.05, 3.63) is 29.3 Å². The summed E-state index contributed by atoms with van der Waals surface area (Å²) in [7, 11) is 0. The van der Waals surface area contributed by atoms with E-state index in [4.69, 9.17) is 16.3 Å². The van der Waals surface area contributed by atoms with Crippen LogP contribution in [-0.4, -0.2) is 35.8 Å². The van der Waals surface area contributed by atoms with Crippen LogP contribution in [-0.2, 0) is 9.59 Å². The van der Waals surface area contributed by atoms with Gasteiger partial charge in [-0.2, -0.15) is 0 Å². The molecule has 4 nitrogen and oxygen atoms in total. The van der Waals surface area contributed by atoms with Crippen LogP contribution in [0.15, 0.2) is 24.3 Å². The summed E-state index contributed by atoms with van der Waals surface area (Å²) in [6.07, 6.45) is 2.27. The normalized spacial score (nSPS) is 18.1. The Balaban J connectivity index is 1.89. The molecule has 1 fully saturated rings. The van der Waals surface area contributed by atoms with Crippen LogP contribution >= 0.6 is 11.6 Å². The number of carbonyl (C=O) groups excluding carboxylic acids is 2. The van der Waals surface area contributed by atoms with E-state index >= 15 is 0 Å². The SMILES string of the molecule is CC(=O)CC1CCCN1C(=O)COc1cccc(Cl)c1. The maximum Gasteiger partial charge on any atom is 0.260 e. The zero-order valence-corrected chi connectivity index (χ0v) is 12.2. The number of halogens is 1. The van der Waals surface area contributed by atoms with Crippen LogP contribution in [0.3, 0.4) is 0 Å². The molecule has 1 saturated heterocycles. The van der Waals surface area contributed by atoms with E-state index in [9.17, 15) is 9.59 Å². The average Bonchev–Trinajstić information content (AvgIpc) is 2.83. The van der Waals surface area contributed by atoms with Crippen LogP contribution in [0.2, 0.25) is 5.02 Å². The van der Waals surface area contributed by atoms with Crippen molar-refractivity contribution in [3.8, 4) is 5.75 Å². The molecule has 0 N–H and O–H groups in total. The highest BCUT2D eigenvalue weighted by molar-refractivity contribution is 6.30. The van der Waals surface area contributed by atoms with Gasteiger partial charge in [0, 0.05) is 24.0 Å². The lowest BCUT2D eigenvalue weighted by atomic mass is 10.1. The number of ketones is 1. The largest absolute Gasteiger partial charge is 0.484 e. The van der Waals surface area contributed by atoms with Crippen LogP contribution in [0.5, 0.6) is 5.75 Å². The van der Waals surface area contributed by atoms with E-state index in [1.54, 1.807) is 36.1 Å². The molecule has 0 aromatic heterocycles. The van der Waals surface area contributed by atoms with Crippen molar-refractivity contribution < 1.29 is 14.3 Å². The zero-order valence-electron chi connectivity index (χ0n) is 11.5. The highest BCUT2D eigenvalue weighted by atomic mass is 35.5. The summed E-state index contributed by atoms with van der Waals surface area (Å²) in [5.74, 6) is 0.618. The van der Waals surface area contributed by atoms with Gasteiger partial charge in [-0.25, -0.2) is 0 Å². The number of benzene rings is 1. The lowest BCUT2D eigenvalue weighted by Gasteiger charge is -2.24. The van der Waals surface area contributed by atoms with E-state index in [0.29, 0.717) is 23.7 Å². The van der Waals surface area contributed by atoms with Gasteiger partial charge in [0.25, 0.3) is 5.91 Å². The number of nitrogens with zero attached hydrogens (tertiary/aromatic N) is 1. The number of hydrogen-bond donors (Lipinski definition) is 0. The minimum absolute atomic E-state index is 0.0191. The van der Waals surface area contributed by atoms with Crippen molar-refractivity contribution in [1.29, 1.82) is 0 Å². The van der Waals surface area contributed by atoms with E-state index in [-0.39, 0.29) is 24.3 Å². The Bertz CT molecular complexity index is 504. The van der Waals surface area contributed by atoms with Gasteiger partial charge in [0.05, 0.1) is 0 Å². The average molecular weight is 296 g/mol. The predicted molar refractivity (Wildman–Crippen MR) is 77.0 cm³/mol. The molecule has 1 atom stereocenters. The number of Topliss-reactive ketones (excluding diaryl/α,β-unsaturated/α-hetero) is 1. The fourth-order valence-corrected chi connectivity index (χ4v) is 2.67.